The standard InChI is InChI=1S/C15H29N3O2/c1-4-5-6-9-16-14(19)13-7-10-18(11-8-13)15(20)17-12(2)3/h12-13H,4-11H2,1-3H3,(H,16,19)(H,17,20). The lowest BCUT2D eigenvalue weighted by molar-refractivity contribution is -0.126. The summed E-state index contributed by atoms with van der Waals surface area (Å²) in [7, 11) is 0. The summed E-state index contributed by atoms with van der Waals surface area (Å²) in [5.41, 5.74) is 0. The van der Waals surface area contributed by atoms with Gasteiger partial charge in [0.25, 0.3) is 0 Å². The fraction of sp³-hybridized carbons (Fsp3) is 0.867. The largest absolute Gasteiger partial charge is 0.356 e. The average molecular weight is 283 g/mol. The Morgan fingerprint density at radius 1 is 1.20 bits per heavy atom. The van der Waals surface area contributed by atoms with Crippen LogP contribution in [0, 0.1) is 5.92 Å². The monoisotopic (exact) mass is 283 g/mol. The molecule has 0 bridgehead atoms. The highest BCUT2D eigenvalue weighted by atomic mass is 16.2. The number of hydrogen-bond donors (Lipinski definition) is 2. The molecule has 5 nitrogen and oxygen atoms in total. The van der Waals surface area contributed by atoms with Gasteiger partial charge in [0, 0.05) is 31.6 Å². The van der Waals surface area contributed by atoms with Crippen LogP contribution >= 0.6 is 0 Å². The van der Waals surface area contributed by atoms with Gasteiger partial charge in [-0.25, -0.2) is 4.79 Å². The van der Waals surface area contributed by atoms with E-state index in [1.807, 2.05) is 13.8 Å². The fourth-order valence-corrected chi connectivity index (χ4v) is 2.41. The number of amides is 3. The number of carbonyl (C=O) groups excluding carboxylic acids is 2. The second-order valence-corrected chi connectivity index (χ2v) is 5.86. The number of likely N-dealkylation sites (tertiary alicyclic amines) is 1. The Morgan fingerprint density at radius 2 is 1.85 bits per heavy atom. The lowest BCUT2D eigenvalue weighted by Gasteiger charge is -2.32. The Morgan fingerprint density at radius 3 is 2.40 bits per heavy atom. The molecule has 0 atom stereocenters. The van der Waals surface area contributed by atoms with Gasteiger partial charge in [-0.05, 0) is 33.1 Å². The Labute approximate surface area is 122 Å². The smallest absolute Gasteiger partial charge is 0.317 e. The van der Waals surface area contributed by atoms with Crippen LogP contribution in [-0.4, -0.2) is 42.5 Å². The van der Waals surface area contributed by atoms with Crippen LogP contribution in [0.2, 0.25) is 0 Å². The summed E-state index contributed by atoms with van der Waals surface area (Å²) < 4.78 is 0. The molecule has 0 aromatic heterocycles. The lowest BCUT2D eigenvalue weighted by Crippen LogP contribution is -2.48. The molecule has 1 fully saturated rings. The zero-order valence-corrected chi connectivity index (χ0v) is 13.1. The molecular formula is C15H29N3O2. The summed E-state index contributed by atoms with van der Waals surface area (Å²) in [5, 5.41) is 5.90. The van der Waals surface area contributed by atoms with Crippen molar-refractivity contribution in [1.29, 1.82) is 0 Å². The molecule has 2 N–H and O–H groups in total. The van der Waals surface area contributed by atoms with Crippen molar-refractivity contribution in [2.45, 2.75) is 58.9 Å². The first-order valence-electron chi connectivity index (χ1n) is 7.87. The highest BCUT2D eigenvalue weighted by molar-refractivity contribution is 5.79. The number of carbonyl (C=O) groups is 2. The van der Waals surface area contributed by atoms with Gasteiger partial charge in [0.15, 0.2) is 0 Å². The summed E-state index contributed by atoms with van der Waals surface area (Å²) >= 11 is 0. The topological polar surface area (TPSA) is 61.4 Å². The van der Waals surface area contributed by atoms with Crippen LogP contribution in [0.3, 0.4) is 0 Å². The van der Waals surface area contributed by atoms with Gasteiger partial charge in [-0.3, -0.25) is 4.79 Å². The molecule has 1 rings (SSSR count). The van der Waals surface area contributed by atoms with Gasteiger partial charge in [0.2, 0.25) is 5.91 Å². The fourth-order valence-electron chi connectivity index (χ4n) is 2.41. The number of unbranched alkanes of at least 4 members (excludes halogenated alkanes) is 2. The maximum Gasteiger partial charge on any atom is 0.317 e. The van der Waals surface area contributed by atoms with E-state index in [-0.39, 0.29) is 23.9 Å². The maximum atomic E-state index is 12.0. The molecule has 1 heterocycles. The molecule has 1 aliphatic heterocycles. The summed E-state index contributed by atoms with van der Waals surface area (Å²) in [5.74, 6) is 0.227. The molecule has 1 aliphatic rings. The Kier molecular flexibility index (Phi) is 7.41. The van der Waals surface area contributed by atoms with Crippen molar-refractivity contribution in [3.8, 4) is 0 Å². The summed E-state index contributed by atoms with van der Waals surface area (Å²) in [4.78, 5) is 25.6. The quantitative estimate of drug-likeness (QED) is 0.734. The van der Waals surface area contributed by atoms with Crippen molar-refractivity contribution in [1.82, 2.24) is 15.5 Å². The van der Waals surface area contributed by atoms with E-state index in [0.29, 0.717) is 13.1 Å². The molecular weight excluding hydrogens is 254 g/mol. The molecule has 0 unspecified atom stereocenters. The van der Waals surface area contributed by atoms with Crippen molar-refractivity contribution in [2.24, 2.45) is 5.92 Å². The zero-order chi connectivity index (χ0) is 15.0. The van der Waals surface area contributed by atoms with Crippen LogP contribution < -0.4 is 10.6 Å². The Hall–Kier alpha value is -1.26. The molecule has 0 aromatic rings. The third-order valence-corrected chi connectivity index (χ3v) is 3.64. The van der Waals surface area contributed by atoms with E-state index in [1.54, 1.807) is 4.90 Å². The van der Waals surface area contributed by atoms with Gasteiger partial charge < -0.3 is 15.5 Å². The van der Waals surface area contributed by atoms with E-state index >= 15 is 0 Å². The number of hydrogen-bond acceptors (Lipinski definition) is 2. The number of piperidine rings is 1. The molecule has 5 heteroatoms. The van der Waals surface area contributed by atoms with E-state index < -0.39 is 0 Å². The third kappa shape index (κ3) is 5.80. The Bertz CT molecular complexity index is 310. The van der Waals surface area contributed by atoms with Gasteiger partial charge in [-0.15, -0.1) is 0 Å². The minimum Gasteiger partial charge on any atom is -0.356 e. The summed E-state index contributed by atoms with van der Waals surface area (Å²) in [6, 6.07) is 0.142. The van der Waals surface area contributed by atoms with Crippen LogP contribution in [0.25, 0.3) is 0 Å². The van der Waals surface area contributed by atoms with Crippen molar-refractivity contribution < 1.29 is 9.59 Å². The Balaban J connectivity index is 2.24. The third-order valence-electron chi connectivity index (χ3n) is 3.64. The lowest BCUT2D eigenvalue weighted by atomic mass is 9.96. The minimum atomic E-state index is -0.0122. The van der Waals surface area contributed by atoms with Crippen molar-refractivity contribution >= 4 is 11.9 Å². The average Bonchev–Trinajstić information content (AvgIpc) is 2.43. The first-order chi connectivity index (χ1) is 9.54. The number of rotatable bonds is 6. The summed E-state index contributed by atoms with van der Waals surface area (Å²) in [6.45, 7) is 8.18. The molecule has 20 heavy (non-hydrogen) atoms. The van der Waals surface area contributed by atoms with Crippen LogP contribution in [0.5, 0.6) is 0 Å². The second kappa shape index (κ2) is 8.82. The normalized spacial score (nSPS) is 16.3. The van der Waals surface area contributed by atoms with Crippen molar-refractivity contribution in [2.75, 3.05) is 19.6 Å². The van der Waals surface area contributed by atoms with Gasteiger partial charge >= 0.3 is 6.03 Å². The van der Waals surface area contributed by atoms with Crippen LogP contribution in [0.1, 0.15) is 52.9 Å². The van der Waals surface area contributed by atoms with E-state index in [0.717, 1.165) is 32.2 Å². The molecule has 0 aromatic carbocycles. The summed E-state index contributed by atoms with van der Waals surface area (Å²) in [6.07, 6.45) is 4.92. The van der Waals surface area contributed by atoms with Gasteiger partial charge in [0.05, 0.1) is 0 Å². The van der Waals surface area contributed by atoms with E-state index in [2.05, 4.69) is 17.6 Å². The SMILES string of the molecule is CCCCCNC(=O)C1CCN(C(=O)NC(C)C)CC1. The molecule has 0 spiro atoms. The van der Waals surface area contributed by atoms with Gasteiger partial charge in [-0.1, -0.05) is 19.8 Å². The molecule has 0 radical (unpaired) electrons. The number of nitrogens with one attached hydrogen (secondary N) is 2. The highest BCUT2D eigenvalue weighted by Crippen LogP contribution is 2.17. The molecule has 3 amide bonds. The first kappa shape index (κ1) is 16.8. The predicted molar refractivity (Wildman–Crippen MR) is 80.5 cm³/mol. The van der Waals surface area contributed by atoms with Crippen molar-refractivity contribution in [3.63, 3.8) is 0 Å². The van der Waals surface area contributed by atoms with E-state index in [4.69, 9.17) is 0 Å². The number of urea groups is 1. The van der Waals surface area contributed by atoms with Gasteiger partial charge in [-0.2, -0.15) is 0 Å². The molecule has 0 aliphatic carbocycles. The predicted octanol–water partition coefficient (Wildman–Crippen LogP) is 2.12. The van der Waals surface area contributed by atoms with Gasteiger partial charge in [0.1, 0.15) is 0 Å². The second-order valence-electron chi connectivity index (χ2n) is 5.86. The first-order valence-corrected chi connectivity index (χ1v) is 7.87. The minimum absolute atomic E-state index is 0.0122. The maximum absolute atomic E-state index is 12.0. The highest BCUT2D eigenvalue weighted by Gasteiger charge is 2.27. The van der Waals surface area contributed by atoms with Crippen LogP contribution in [-0.2, 0) is 4.79 Å². The van der Waals surface area contributed by atoms with Crippen LogP contribution in [0.15, 0.2) is 0 Å². The number of nitrogens with zero attached hydrogens (tertiary/aromatic N) is 1. The van der Waals surface area contributed by atoms with E-state index in [1.165, 1.54) is 6.42 Å². The zero-order valence-electron chi connectivity index (χ0n) is 13.1. The van der Waals surface area contributed by atoms with E-state index in [9.17, 15) is 9.59 Å². The van der Waals surface area contributed by atoms with Crippen LogP contribution in [0.4, 0.5) is 4.79 Å². The molecule has 116 valence electrons. The molecule has 1 saturated heterocycles. The molecule has 0 saturated carbocycles. The van der Waals surface area contributed by atoms with Crippen molar-refractivity contribution in [3.05, 3.63) is 0 Å².